The largest absolute Gasteiger partial charge is 0.456 e. The first-order valence-electron chi connectivity index (χ1n) is 39.4. The van der Waals surface area contributed by atoms with Gasteiger partial charge in [-0.15, -0.1) is 0 Å². The molecule has 0 radical (unpaired) electrons. The van der Waals surface area contributed by atoms with Crippen LogP contribution < -0.4 is 29.1 Å². The van der Waals surface area contributed by atoms with E-state index in [0.717, 1.165) is 174 Å². The van der Waals surface area contributed by atoms with E-state index in [1.807, 2.05) is 0 Å². The fraction of sp³-hybridized carbons (Fsp3) is 0.0275. The Morgan fingerprint density at radius 1 is 0.191 bits per heavy atom. The number of nitrogens with zero attached hydrogens (tertiary/aromatic N) is 4. The summed E-state index contributed by atoms with van der Waals surface area (Å²) in [5.41, 5.74) is 30.0. The summed E-state index contributed by atoms with van der Waals surface area (Å²) in [5, 5.41) is 9.28. The maximum Gasteiger partial charge on any atom is 0.137 e. The van der Waals surface area contributed by atoms with Crippen molar-refractivity contribution in [3.05, 3.63) is 423 Å². The zero-order valence-corrected chi connectivity index (χ0v) is 63.8. The lowest BCUT2D eigenvalue weighted by molar-refractivity contribution is 0.487. The van der Waals surface area contributed by atoms with Crippen LogP contribution in [0.3, 0.4) is 0 Å². The zero-order chi connectivity index (χ0) is 76.6. The lowest BCUT2D eigenvalue weighted by Crippen LogP contribution is -2.14. The molecule has 0 aliphatic carbocycles. The van der Waals surface area contributed by atoms with Gasteiger partial charge in [-0.3, -0.25) is 0 Å². The van der Waals surface area contributed by atoms with Gasteiger partial charge >= 0.3 is 0 Å². The summed E-state index contributed by atoms with van der Waals surface area (Å²) in [5.74, 6) is 3.34. The lowest BCUT2D eigenvalue weighted by atomic mass is 9.89. The molecule has 0 saturated carbocycles. The maximum atomic E-state index is 7.14. The minimum absolute atomic E-state index is 0.819. The van der Waals surface area contributed by atoms with Gasteiger partial charge in [0.15, 0.2) is 0 Å². The number of rotatable bonds is 16. The molecule has 544 valence electrons. The van der Waals surface area contributed by atoms with E-state index in [1.165, 1.54) is 43.6 Å². The Morgan fingerprint density at radius 3 is 1.02 bits per heavy atom. The highest BCUT2D eigenvalue weighted by Gasteiger charge is 2.29. The van der Waals surface area contributed by atoms with Crippen molar-refractivity contribution in [2.45, 2.75) is 20.8 Å². The molecule has 0 N–H and O–H groups in total. The molecular formula is C109H76N4O2. The number of fused-ring (bicyclic) bond motifs is 8. The Morgan fingerprint density at radius 2 is 0.539 bits per heavy atom. The van der Waals surface area contributed by atoms with Gasteiger partial charge in [0.05, 0.1) is 11.4 Å². The molecule has 6 heteroatoms. The fourth-order valence-electron chi connectivity index (χ4n) is 17.8. The second kappa shape index (κ2) is 28.4. The summed E-state index contributed by atoms with van der Waals surface area (Å²) in [6, 6.07) is 147. The molecular weight excluding hydrogens is 1400 g/mol. The third-order valence-electron chi connectivity index (χ3n) is 23.0. The molecule has 0 saturated heterocycles. The summed E-state index contributed by atoms with van der Waals surface area (Å²) < 4.78 is 14.2. The fourth-order valence-corrected chi connectivity index (χ4v) is 17.8. The highest BCUT2D eigenvalue weighted by molar-refractivity contribution is 6.20. The van der Waals surface area contributed by atoms with Gasteiger partial charge in [-0.1, -0.05) is 236 Å². The normalized spacial score (nSPS) is 11.7. The summed E-state index contributed by atoms with van der Waals surface area (Å²) in [7, 11) is 0. The van der Waals surface area contributed by atoms with E-state index in [2.05, 4.69) is 447 Å². The Bertz CT molecular complexity index is 6930. The van der Waals surface area contributed by atoms with Gasteiger partial charge in [-0.05, 0) is 278 Å². The van der Waals surface area contributed by atoms with Crippen LogP contribution in [0.4, 0.5) is 68.2 Å². The van der Waals surface area contributed by atoms with Gasteiger partial charge in [0.2, 0.25) is 0 Å². The standard InChI is InChI=1S/C109H76N4O2/c1-71-61-72(2)109(73(3)62-71)113(92-58-60-95-101-68-82-47-45-79(65-98(82)97-41-24-44-104(108(97)101)115-106(95)70-92)74-49-53-87(54-50-74)110(83-29-11-5-12-30-83)84-31-13-6-14-32-84)90-38-22-28-78(64-90)77-27-21-37-89(63-77)111(85-33-15-7-16-34-85)88-55-51-75(52-56-88)80-46-48-81-67-100-94-59-57-91(69-105(94)114-103-43-23-40-96(107(100)103)99(81)66-80)112(86-35-17-8-18-36-86)102-42-20-19-39-93(102)76-25-9-4-10-26-76/h4-70H,1-3H3. The van der Waals surface area contributed by atoms with Crippen LogP contribution in [0, 0.1) is 20.8 Å². The molecule has 0 atom stereocenters. The van der Waals surface area contributed by atoms with Crippen molar-refractivity contribution >= 4 is 111 Å². The average Bonchev–Trinajstić information content (AvgIpc) is 0.728. The van der Waals surface area contributed by atoms with Gasteiger partial charge in [0.1, 0.15) is 23.0 Å². The van der Waals surface area contributed by atoms with Crippen LogP contribution >= 0.6 is 0 Å². The summed E-state index contributed by atoms with van der Waals surface area (Å²) in [6.07, 6.45) is 0. The molecule has 0 spiro atoms. The predicted octanol–water partition coefficient (Wildman–Crippen LogP) is 31.3. The van der Waals surface area contributed by atoms with Crippen molar-refractivity contribution in [2.24, 2.45) is 0 Å². The number of ether oxygens (including phenoxy) is 2. The van der Waals surface area contributed by atoms with Crippen LogP contribution in [0.1, 0.15) is 16.7 Å². The van der Waals surface area contributed by atoms with Gasteiger partial charge < -0.3 is 29.1 Å². The second-order valence-electron chi connectivity index (χ2n) is 30.2. The van der Waals surface area contributed by atoms with E-state index in [9.17, 15) is 0 Å². The predicted molar refractivity (Wildman–Crippen MR) is 482 cm³/mol. The van der Waals surface area contributed by atoms with E-state index in [1.54, 1.807) is 0 Å². The minimum Gasteiger partial charge on any atom is -0.456 e. The molecule has 2 aliphatic heterocycles. The van der Waals surface area contributed by atoms with Crippen LogP contribution in [0.25, 0.3) is 110 Å². The Hall–Kier alpha value is -15.0. The molecule has 0 bridgehead atoms. The topological polar surface area (TPSA) is 31.4 Å². The SMILES string of the molecule is Cc1cc(C)c(N(c2cccc(-c3cccc(N(c4ccccc4)c4ccc(-c5ccc6cc7c8c(cccc8c6c5)Oc5cc(N(c6ccccc6)c6ccccc6-c6ccccc6)ccc5-7)cc4)c3)c2)c2ccc3c(c2)Oc2cccc4c2c-3cc2ccc(-c3ccc(N(c5ccccc5)c5ccccc5)cc3)cc24)c(C)c1. The highest BCUT2D eigenvalue weighted by atomic mass is 16.5. The molecule has 19 aromatic rings. The molecule has 0 fully saturated rings. The summed E-state index contributed by atoms with van der Waals surface area (Å²) in [4.78, 5) is 9.42. The molecule has 6 nitrogen and oxygen atoms in total. The Kier molecular flexibility index (Phi) is 16.8. The first kappa shape index (κ1) is 68.1. The van der Waals surface area contributed by atoms with Crippen molar-refractivity contribution in [3.63, 3.8) is 0 Å². The number of anilines is 12. The number of hydrogen-bond donors (Lipinski definition) is 0. The zero-order valence-electron chi connectivity index (χ0n) is 63.8. The second-order valence-corrected chi connectivity index (χ2v) is 30.2. The minimum atomic E-state index is 0.819. The maximum absolute atomic E-state index is 7.14. The van der Waals surface area contributed by atoms with Crippen LogP contribution in [0.15, 0.2) is 406 Å². The van der Waals surface area contributed by atoms with Gasteiger partial charge in [0.25, 0.3) is 0 Å². The van der Waals surface area contributed by atoms with Crippen molar-refractivity contribution < 1.29 is 9.47 Å². The van der Waals surface area contributed by atoms with E-state index in [-0.39, 0.29) is 0 Å². The molecule has 2 heterocycles. The third kappa shape index (κ3) is 12.2. The monoisotopic (exact) mass is 1470 g/mol. The number of hydrogen-bond acceptors (Lipinski definition) is 6. The highest BCUT2D eigenvalue weighted by Crippen LogP contribution is 2.55. The number of aryl methyl sites for hydroxylation is 3. The van der Waals surface area contributed by atoms with Gasteiger partial charge in [0, 0.05) is 96.5 Å². The average molecular weight is 1470 g/mol. The Balaban J connectivity index is 0.583. The molecule has 115 heavy (non-hydrogen) atoms. The molecule has 0 aromatic heterocycles. The van der Waals surface area contributed by atoms with Crippen molar-refractivity contribution in [1.82, 2.24) is 0 Å². The van der Waals surface area contributed by atoms with Crippen LogP contribution in [-0.2, 0) is 0 Å². The van der Waals surface area contributed by atoms with Crippen LogP contribution in [0.2, 0.25) is 0 Å². The summed E-state index contributed by atoms with van der Waals surface area (Å²) in [6.45, 7) is 6.64. The van der Waals surface area contributed by atoms with Crippen molar-refractivity contribution in [2.75, 3.05) is 19.6 Å². The molecule has 2 aliphatic rings. The molecule has 0 amide bonds. The Labute approximate surface area is 669 Å². The van der Waals surface area contributed by atoms with Gasteiger partial charge in [-0.25, -0.2) is 0 Å². The van der Waals surface area contributed by atoms with E-state index in [4.69, 9.17) is 9.47 Å². The van der Waals surface area contributed by atoms with E-state index >= 15 is 0 Å². The first-order valence-corrected chi connectivity index (χ1v) is 39.4. The third-order valence-corrected chi connectivity index (χ3v) is 23.0. The first-order chi connectivity index (χ1) is 56.7. The molecule has 21 rings (SSSR count). The molecule has 0 unspecified atom stereocenters. The number of benzene rings is 19. The van der Waals surface area contributed by atoms with E-state index < -0.39 is 0 Å². The smallest absolute Gasteiger partial charge is 0.137 e. The van der Waals surface area contributed by atoms with Crippen molar-refractivity contribution in [3.8, 4) is 89.8 Å². The van der Waals surface area contributed by atoms with Crippen LogP contribution in [-0.4, -0.2) is 0 Å². The summed E-state index contributed by atoms with van der Waals surface area (Å²) >= 11 is 0. The van der Waals surface area contributed by atoms with Gasteiger partial charge in [-0.2, -0.15) is 0 Å². The van der Waals surface area contributed by atoms with Crippen molar-refractivity contribution in [1.29, 1.82) is 0 Å². The molecule has 19 aromatic carbocycles. The number of para-hydroxylation sites is 5. The van der Waals surface area contributed by atoms with Crippen LogP contribution in [0.5, 0.6) is 23.0 Å². The van der Waals surface area contributed by atoms with E-state index in [0.29, 0.717) is 0 Å². The quantitative estimate of drug-likeness (QED) is 0.0897. The lowest BCUT2D eigenvalue weighted by Gasteiger charge is -2.31.